The number of anilines is 1. The van der Waals surface area contributed by atoms with Gasteiger partial charge >= 0.3 is 0 Å². The smallest absolute Gasteiger partial charge is 0.129 e. The van der Waals surface area contributed by atoms with Gasteiger partial charge < -0.3 is 10.0 Å². The number of nitrogens with zero attached hydrogens (tertiary/aromatic N) is 2. The molecule has 1 aromatic heterocycles. The number of aromatic nitrogens is 1. The molecule has 17 heavy (non-hydrogen) atoms. The molecule has 1 aliphatic heterocycles. The van der Waals surface area contributed by atoms with Crippen LogP contribution in [-0.2, 0) is 0 Å². The van der Waals surface area contributed by atoms with Crippen LogP contribution in [0.5, 0.6) is 0 Å². The molecule has 0 saturated carbocycles. The molecule has 1 fully saturated rings. The number of rotatable bonds is 3. The number of pyridine rings is 1. The van der Waals surface area contributed by atoms with E-state index in [2.05, 4.69) is 16.8 Å². The SMILES string of the molecule is CCC1CCCCN1c1cc([C@H](C)O)ccn1. The van der Waals surface area contributed by atoms with E-state index in [0.717, 1.165) is 17.9 Å². The monoisotopic (exact) mass is 234 g/mol. The minimum absolute atomic E-state index is 0.415. The van der Waals surface area contributed by atoms with Crippen molar-refractivity contribution >= 4 is 5.82 Å². The molecule has 1 unspecified atom stereocenters. The molecule has 0 amide bonds. The highest BCUT2D eigenvalue weighted by Crippen LogP contribution is 2.26. The van der Waals surface area contributed by atoms with Crippen molar-refractivity contribution in [1.29, 1.82) is 0 Å². The highest BCUT2D eigenvalue weighted by molar-refractivity contribution is 5.43. The third-order valence-electron chi connectivity index (χ3n) is 3.64. The molecule has 1 N–H and O–H groups in total. The van der Waals surface area contributed by atoms with Crippen LogP contribution in [0.3, 0.4) is 0 Å². The summed E-state index contributed by atoms with van der Waals surface area (Å²) in [6.07, 6.45) is 6.39. The number of aliphatic hydroxyl groups is 1. The zero-order chi connectivity index (χ0) is 12.3. The number of piperidine rings is 1. The van der Waals surface area contributed by atoms with Crippen molar-refractivity contribution in [3.8, 4) is 0 Å². The predicted molar refractivity (Wildman–Crippen MR) is 70.1 cm³/mol. The van der Waals surface area contributed by atoms with Gasteiger partial charge in [0.25, 0.3) is 0 Å². The second-order valence-electron chi connectivity index (χ2n) is 4.87. The lowest BCUT2D eigenvalue weighted by molar-refractivity contribution is 0.199. The summed E-state index contributed by atoms with van der Waals surface area (Å²) < 4.78 is 0. The Bertz CT molecular complexity index is 365. The number of aliphatic hydroxyl groups excluding tert-OH is 1. The Morgan fingerprint density at radius 1 is 1.53 bits per heavy atom. The van der Waals surface area contributed by atoms with E-state index in [9.17, 15) is 5.11 Å². The molecular formula is C14H22N2O. The summed E-state index contributed by atoms with van der Waals surface area (Å²) in [5, 5.41) is 9.62. The Kier molecular flexibility index (Phi) is 4.00. The maximum Gasteiger partial charge on any atom is 0.129 e. The lowest BCUT2D eigenvalue weighted by Gasteiger charge is -2.36. The summed E-state index contributed by atoms with van der Waals surface area (Å²) >= 11 is 0. The molecule has 0 bridgehead atoms. The molecule has 2 heterocycles. The predicted octanol–water partition coefficient (Wildman–Crippen LogP) is 2.90. The van der Waals surface area contributed by atoms with Gasteiger partial charge in [0.05, 0.1) is 6.10 Å². The maximum atomic E-state index is 9.62. The van der Waals surface area contributed by atoms with E-state index in [0.29, 0.717) is 6.04 Å². The molecule has 1 saturated heterocycles. The van der Waals surface area contributed by atoms with Crippen LogP contribution in [0.4, 0.5) is 5.82 Å². The average molecular weight is 234 g/mol. The molecule has 1 aliphatic rings. The van der Waals surface area contributed by atoms with Crippen molar-refractivity contribution in [2.24, 2.45) is 0 Å². The standard InChI is InChI=1S/C14H22N2O/c1-3-13-6-4-5-9-16(13)14-10-12(11(2)17)7-8-15-14/h7-8,10-11,13,17H,3-6,9H2,1-2H3/t11-,13?/m0/s1. The molecule has 1 aromatic rings. The van der Waals surface area contributed by atoms with Crippen molar-refractivity contribution in [2.45, 2.75) is 51.7 Å². The van der Waals surface area contributed by atoms with Gasteiger partial charge in [0, 0.05) is 18.8 Å². The van der Waals surface area contributed by atoms with Crippen LogP contribution < -0.4 is 4.90 Å². The Balaban J connectivity index is 2.22. The van der Waals surface area contributed by atoms with Crippen molar-refractivity contribution < 1.29 is 5.11 Å². The fraction of sp³-hybridized carbons (Fsp3) is 0.643. The molecule has 2 rings (SSSR count). The number of hydrogen-bond acceptors (Lipinski definition) is 3. The van der Waals surface area contributed by atoms with Gasteiger partial charge in [0.15, 0.2) is 0 Å². The molecule has 94 valence electrons. The fourth-order valence-corrected chi connectivity index (χ4v) is 2.58. The zero-order valence-electron chi connectivity index (χ0n) is 10.8. The zero-order valence-corrected chi connectivity index (χ0v) is 10.8. The van der Waals surface area contributed by atoms with Gasteiger partial charge in [-0.3, -0.25) is 0 Å². The molecule has 2 atom stereocenters. The highest BCUT2D eigenvalue weighted by atomic mass is 16.3. The molecule has 0 radical (unpaired) electrons. The second-order valence-corrected chi connectivity index (χ2v) is 4.87. The molecule has 0 aliphatic carbocycles. The lowest BCUT2D eigenvalue weighted by Crippen LogP contribution is -2.39. The lowest BCUT2D eigenvalue weighted by atomic mass is 10.00. The summed E-state index contributed by atoms with van der Waals surface area (Å²) in [6.45, 7) is 5.13. The van der Waals surface area contributed by atoms with Gasteiger partial charge in [-0.2, -0.15) is 0 Å². The van der Waals surface area contributed by atoms with E-state index in [1.807, 2.05) is 12.1 Å². The third-order valence-corrected chi connectivity index (χ3v) is 3.64. The second kappa shape index (κ2) is 5.50. The van der Waals surface area contributed by atoms with Gasteiger partial charge in [-0.05, 0) is 50.3 Å². The van der Waals surface area contributed by atoms with Crippen LogP contribution in [0.2, 0.25) is 0 Å². The van der Waals surface area contributed by atoms with Gasteiger partial charge in [-0.25, -0.2) is 4.98 Å². The van der Waals surface area contributed by atoms with Crippen LogP contribution in [-0.4, -0.2) is 22.7 Å². The van der Waals surface area contributed by atoms with Gasteiger partial charge in [-0.1, -0.05) is 6.92 Å². The highest BCUT2D eigenvalue weighted by Gasteiger charge is 2.22. The Labute approximate surface area is 103 Å². The van der Waals surface area contributed by atoms with E-state index in [1.165, 1.54) is 25.7 Å². The van der Waals surface area contributed by atoms with E-state index < -0.39 is 6.10 Å². The van der Waals surface area contributed by atoms with Crippen molar-refractivity contribution in [2.75, 3.05) is 11.4 Å². The summed E-state index contributed by atoms with van der Waals surface area (Å²) in [5.74, 6) is 1.02. The summed E-state index contributed by atoms with van der Waals surface area (Å²) in [7, 11) is 0. The van der Waals surface area contributed by atoms with Gasteiger partial charge in [0.1, 0.15) is 5.82 Å². The van der Waals surface area contributed by atoms with Crippen LogP contribution in [0.25, 0.3) is 0 Å². The van der Waals surface area contributed by atoms with Gasteiger partial charge in [-0.15, -0.1) is 0 Å². The fourth-order valence-electron chi connectivity index (χ4n) is 2.58. The van der Waals surface area contributed by atoms with Crippen molar-refractivity contribution in [3.05, 3.63) is 23.9 Å². The van der Waals surface area contributed by atoms with Crippen LogP contribution >= 0.6 is 0 Å². The van der Waals surface area contributed by atoms with E-state index in [1.54, 1.807) is 13.1 Å². The topological polar surface area (TPSA) is 36.4 Å². The Morgan fingerprint density at radius 2 is 2.35 bits per heavy atom. The normalized spacial score (nSPS) is 22.5. The summed E-state index contributed by atoms with van der Waals surface area (Å²) in [6, 6.07) is 4.53. The van der Waals surface area contributed by atoms with Crippen molar-refractivity contribution in [3.63, 3.8) is 0 Å². The summed E-state index contributed by atoms with van der Waals surface area (Å²) in [4.78, 5) is 6.86. The Morgan fingerprint density at radius 3 is 3.06 bits per heavy atom. The van der Waals surface area contributed by atoms with Crippen LogP contribution in [0, 0.1) is 0 Å². The minimum atomic E-state index is -0.415. The van der Waals surface area contributed by atoms with E-state index in [4.69, 9.17) is 0 Å². The maximum absolute atomic E-state index is 9.62. The van der Waals surface area contributed by atoms with Crippen LogP contribution in [0.15, 0.2) is 18.3 Å². The molecule has 0 aromatic carbocycles. The Hall–Kier alpha value is -1.09. The molecule has 3 nitrogen and oxygen atoms in total. The summed E-state index contributed by atoms with van der Waals surface area (Å²) in [5.41, 5.74) is 0.954. The third kappa shape index (κ3) is 2.78. The first kappa shape index (κ1) is 12.4. The number of hydrogen-bond donors (Lipinski definition) is 1. The van der Waals surface area contributed by atoms with Crippen LogP contribution in [0.1, 0.15) is 51.2 Å². The molecular weight excluding hydrogens is 212 g/mol. The average Bonchev–Trinajstić information content (AvgIpc) is 2.39. The largest absolute Gasteiger partial charge is 0.389 e. The first-order valence-corrected chi connectivity index (χ1v) is 6.63. The van der Waals surface area contributed by atoms with E-state index in [-0.39, 0.29) is 0 Å². The first-order valence-electron chi connectivity index (χ1n) is 6.63. The van der Waals surface area contributed by atoms with Crippen molar-refractivity contribution in [1.82, 2.24) is 4.98 Å². The first-order chi connectivity index (χ1) is 8.22. The minimum Gasteiger partial charge on any atom is -0.389 e. The molecule has 0 spiro atoms. The molecule has 3 heteroatoms. The van der Waals surface area contributed by atoms with E-state index >= 15 is 0 Å². The quantitative estimate of drug-likeness (QED) is 0.873. The van der Waals surface area contributed by atoms with Gasteiger partial charge in [0.2, 0.25) is 0 Å².